The molecular weight excluding hydrogens is 329 g/mol. The Bertz CT molecular complexity index is 680. The Balaban J connectivity index is 2.29. The molecule has 0 spiro atoms. The number of benzene rings is 1. The summed E-state index contributed by atoms with van der Waals surface area (Å²) in [7, 11) is 3.17. The van der Waals surface area contributed by atoms with E-state index in [0.717, 1.165) is 18.2 Å². The molecule has 0 aliphatic heterocycles. The molecular formula is C16H16F5N3. The first-order valence-corrected chi connectivity index (χ1v) is 7.08. The van der Waals surface area contributed by atoms with Crippen LogP contribution in [0.25, 0.3) is 0 Å². The minimum absolute atomic E-state index is 0.148. The van der Waals surface area contributed by atoms with Gasteiger partial charge in [-0.3, -0.25) is 0 Å². The molecule has 0 bridgehead atoms. The van der Waals surface area contributed by atoms with Crippen LogP contribution in [-0.4, -0.2) is 30.5 Å². The third kappa shape index (κ3) is 4.00. The van der Waals surface area contributed by atoms with Gasteiger partial charge in [-0.1, -0.05) is 6.07 Å². The summed E-state index contributed by atoms with van der Waals surface area (Å²) in [4.78, 5) is 5.20. The lowest BCUT2D eigenvalue weighted by Gasteiger charge is -2.26. The Morgan fingerprint density at radius 1 is 1.08 bits per heavy atom. The Labute approximate surface area is 136 Å². The zero-order valence-electron chi connectivity index (χ0n) is 13.0. The Morgan fingerprint density at radius 3 is 2.25 bits per heavy atom. The normalized spacial score (nSPS) is 13.2. The highest BCUT2D eigenvalue weighted by Crippen LogP contribution is 2.34. The third-order valence-electron chi connectivity index (χ3n) is 3.53. The van der Waals surface area contributed by atoms with Crippen LogP contribution in [0, 0.1) is 11.6 Å². The van der Waals surface area contributed by atoms with E-state index in [2.05, 4.69) is 10.3 Å². The van der Waals surface area contributed by atoms with Crippen LogP contribution in [0.1, 0.15) is 17.2 Å². The average molecular weight is 345 g/mol. The van der Waals surface area contributed by atoms with Gasteiger partial charge in [0.2, 0.25) is 0 Å². The standard InChI is InChI=1S/C16H16F5N3/c1-24(2)13(14-11(17)6-3-7-12(14)18)9-23-15-10(16(19,20)21)5-4-8-22-15/h3-8,13H,9H2,1-2H3,(H,22,23). The van der Waals surface area contributed by atoms with Crippen molar-refractivity contribution in [3.8, 4) is 0 Å². The minimum atomic E-state index is -4.58. The molecule has 0 saturated heterocycles. The zero-order valence-corrected chi connectivity index (χ0v) is 13.0. The van der Waals surface area contributed by atoms with Crippen molar-refractivity contribution in [3.05, 3.63) is 59.3 Å². The first-order chi connectivity index (χ1) is 11.2. The maximum absolute atomic E-state index is 14.0. The molecule has 0 saturated carbocycles. The number of aromatic nitrogens is 1. The van der Waals surface area contributed by atoms with Gasteiger partial charge in [0.1, 0.15) is 17.5 Å². The number of nitrogens with one attached hydrogen (secondary N) is 1. The van der Waals surface area contributed by atoms with E-state index in [1.165, 1.54) is 23.2 Å². The first kappa shape index (κ1) is 18.1. The van der Waals surface area contributed by atoms with Crippen molar-refractivity contribution in [2.24, 2.45) is 0 Å². The van der Waals surface area contributed by atoms with Crippen molar-refractivity contribution >= 4 is 5.82 Å². The van der Waals surface area contributed by atoms with Crippen LogP contribution in [0.3, 0.4) is 0 Å². The highest BCUT2D eigenvalue weighted by Gasteiger charge is 2.34. The van der Waals surface area contributed by atoms with Crippen molar-refractivity contribution in [2.45, 2.75) is 12.2 Å². The molecule has 1 unspecified atom stereocenters. The number of nitrogens with zero attached hydrogens (tertiary/aromatic N) is 2. The minimum Gasteiger partial charge on any atom is -0.368 e. The molecule has 1 aromatic carbocycles. The quantitative estimate of drug-likeness (QED) is 0.827. The fourth-order valence-electron chi connectivity index (χ4n) is 2.34. The fraction of sp³-hybridized carbons (Fsp3) is 0.312. The molecule has 130 valence electrons. The van der Waals surface area contributed by atoms with Crippen LogP contribution < -0.4 is 5.32 Å². The summed E-state index contributed by atoms with van der Waals surface area (Å²) in [5.41, 5.74) is -1.14. The number of rotatable bonds is 5. The fourth-order valence-corrected chi connectivity index (χ4v) is 2.34. The van der Waals surface area contributed by atoms with Gasteiger partial charge in [-0.15, -0.1) is 0 Å². The molecule has 8 heteroatoms. The summed E-state index contributed by atoms with van der Waals surface area (Å²) in [5, 5.41) is 2.55. The van der Waals surface area contributed by atoms with Gasteiger partial charge in [-0.25, -0.2) is 13.8 Å². The second kappa shape index (κ2) is 7.12. The molecule has 1 heterocycles. The molecule has 3 nitrogen and oxygen atoms in total. The summed E-state index contributed by atoms with van der Waals surface area (Å²) in [6.45, 7) is -0.148. The lowest BCUT2D eigenvalue weighted by Crippen LogP contribution is -2.29. The molecule has 0 fully saturated rings. The number of hydrogen-bond donors (Lipinski definition) is 1. The second-order valence-corrected chi connectivity index (χ2v) is 5.39. The van der Waals surface area contributed by atoms with E-state index in [9.17, 15) is 22.0 Å². The molecule has 1 atom stereocenters. The third-order valence-corrected chi connectivity index (χ3v) is 3.53. The summed E-state index contributed by atoms with van der Waals surface area (Å²) < 4.78 is 66.8. The topological polar surface area (TPSA) is 28.2 Å². The molecule has 0 aliphatic carbocycles. The molecule has 2 aromatic rings. The Morgan fingerprint density at radius 2 is 1.71 bits per heavy atom. The molecule has 0 amide bonds. The average Bonchev–Trinajstić information content (AvgIpc) is 2.49. The van der Waals surface area contributed by atoms with E-state index >= 15 is 0 Å². The van der Waals surface area contributed by atoms with E-state index in [0.29, 0.717) is 0 Å². The van der Waals surface area contributed by atoms with Crippen molar-refractivity contribution in [1.82, 2.24) is 9.88 Å². The van der Waals surface area contributed by atoms with Gasteiger partial charge in [0.05, 0.1) is 11.6 Å². The van der Waals surface area contributed by atoms with Crippen molar-refractivity contribution in [3.63, 3.8) is 0 Å². The van der Waals surface area contributed by atoms with Crippen molar-refractivity contribution in [2.75, 3.05) is 26.0 Å². The van der Waals surface area contributed by atoms with Crippen molar-refractivity contribution in [1.29, 1.82) is 0 Å². The van der Waals surface area contributed by atoms with Crippen LogP contribution >= 0.6 is 0 Å². The molecule has 2 rings (SSSR count). The summed E-state index contributed by atoms with van der Waals surface area (Å²) in [5.74, 6) is -1.89. The van der Waals surface area contributed by atoms with Gasteiger partial charge in [0.15, 0.2) is 0 Å². The predicted molar refractivity (Wildman–Crippen MR) is 80.5 cm³/mol. The van der Waals surface area contributed by atoms with Gasteiger partial charge in [0.25, 0.3) is 0 Å². The number of pyridine rings is 1. The maximum atomic E-state index is 14.0. The largest absolute Gasteiger partial charge is 0.419 e. The van der Waals surface area contributed by atoms with Crippen LogP contribution in [0.4, 0.5) is 27.8 Å². The summed E-state index contributed by atoms with van der Waals surface area (Å²) >= 11 is 0. The summed E-state index contributed by atoms with van der Waals surface area (Å²) in [6, 6.07) is 4.70. The molecule has 0 radical (unpaired) electrons. The first-order valence-electron chi connectivity index (χ1n) is 7.08. The lowest BCUT2D eigenvalue weighted by atomic mass is 10.0. The predicted octanol–water partition coefficient (Wildman–Crippen LogP) is 4.09. The van der Waals surface area contributed by atoms with Crippen LogP contribution in [0.15, 0.2) is 36.5 Å². The van der Waals surface area contributed by atoms with Gasteiger partial charge in [-0.05, 0) is 38.4 Å². The van der Waals surface area contributed by atoms with E-state index < -0.39 is 29.4 Å². The number of alkyl halides is 3. The number of hydrogen-bond acceptors (Lipinski definition) is 3. The SMILES string of the molecule is CN(C)C(CNc1ncccc1C(F)(F)F)c1c(F)cccc1F. The molecule has 1 N–H and O–H groups in total. The van der Waals surface area contributed by atoms with Gasteiger partial charge < -0.3 is 10.2 Å². The van der Waals surface area contributed by atoms with Crippen LogP contribution in [0.2, 0.25) is 0 Å². The zero-order chi connectivity index (χ0) is 17.9. The molecule has 0 aliphatic rings. The van der Waals surface area contributed by atoms with Gasteiger partial charge in [-0.2, -0.15) is 13.2 Å². The molecule has 1 aromatic heterocycles. The maximum Gasteiger partial charge on any atom is 0.419 e. The van der Waals surface area contributed by atoms with Crippen LogP contribution in [0.5, 0.6) is 0 Å². The van der Waals surface area contributed by atoms with Crippen molar-refractivity contribution < 1.29 is 22.0 Å². The Kier molecular flexibility index (Phi) is 5.38. The highest BCUT2D eigenvalue weighted by molar-refractivity contribution is 5.46. The van der Waals surface area contributed by atoms with Gasteiger partial charge in [0, 0.05) is 18.3 Å². The van der Waals surface area contributed by atoms with Crippen LogP contribution in [-0.2, 0) is 6.18 Å². The number of likely N-dealkylation sites (N-methyl/N-ethyl adjacent to an activating group) is 1. The smallest absolute Gasteiger partial charge is 0.368 e. The number of anilines is 1. The van der Waals surface area contributed by atoms with E-state index in [-0.39, 0.29) is 17.9 Å². The number of halogens is 5. The summed E-state index contributed by atoms with van der Waals surface area (Å²) in [6.07, 6.45) is -3.36. The molecule has 24 heavy (non-hydrogen) atoms. The second-order valence-electron chi connectivity index (χ2n) is 5.39. The van der Waals surface area contributed by atoms with E-state index in [1.54, 1.807) is 14.1 Å². The van der Waals surface area contributed by atoms with Gasteiger partial charge >= 0.3 is 6.18 Å². The lowest BCUT2D eigenvalue weighted by molar-refractivity contribution is -0.137. The van der Waals surface area contributed by atoms with E-state index in [4.69, 9.17) is 0 Å². The monoisotopic (exact) mass is 345 g/mol. The highest BCUT2D eigenvalue weighted by atomic mass is 19.4. The Hall–Kier alpha value is -2.22. The van der Waals surface area contributed by atoms with E-state index in [1.807, 2.05) is 0 Å².